The van der Waals surface area contributed by atoms with Gasteiger partial charge in [0.05, 0.1) is 54.5 Å². The van der Waals surface area contributed by atoms with Gasteiger partial charge in [-0.1, -0.05) is 12.1 Å². The molecule has 1 unspecified atom stereocenters. The molecule has 0 saturated carbocycles. The zero-order chi connectivity index (χ0) is 38.2. The number of piperazine rings is 1. The highest BCUT2D eigenvalue weighted by molar-refractivity contribution is 6.01. The van der Waals surface area contributed by atoms with E-state index in [1.165, 1.54) is 0 Å². The second-order valence-electron chi connectivity index (χ2n) is 15.4. The number of likely N-dealkylation sites (tertiary alicyclic amines) is 1. The van der Waals surface area contributed by atoms with Gasteiger partial charge in [-0.2, -0.15) is 5.10 Å². The molecule has 0 radical (unpaired) electrons. The lowest BCUT2D eigenvalue weighted by atomic mass is 9.90. The average molecular weight is 797 g/mol. The van der Waals surface area contributed by atoms with Crippen molar-refractivity contribution >= 4 is 58.8 Å². The number of anilines is 5. The SMILES string of the molecule is Cc1c(N2CCc3cnc(Nc4cnn(C5CCN(C(=O)CN6CCN(c7ccc(C8CCC(=O)NC8=O)cc7)CC6)CC5)c4)nc3C2)cnc2c1NCCO2.Cl. The van der Waals surface area contributed by atoms with Crippen molar-refractivity contribution in [2.75, 3.05) is 85.9 Å². The predicted molar refractivity (Wildman–Crippen MR) is 218 cm³/mol. The van der Waals surface area contributed by atoms with Crippen LogP contribution in [0.2, 0.25) is 0 Å². The first-order valence-corrected chi connectivity index (χ1v) is 19.8. The Bertz CT molecular complexity index is 2110. The summed E-state index contributed by atoms with van der Waals surface area (Å²) in [5, 5.41) is 13.9. The number of imide groups is 1. The molecular weight excluding hydrogens is 748 g/mol. The molecule has 8 heterocycles. The predicted octanol–water partition coefficient (Wildman–Crippen LogP) is 3.41. The maximum Gasteiger partial charge on any atom is 0.237 e. The Morgan fingerprint density at radius 3 is 2.53 bits per heavy atom. The van der Waals surface area contributed by atoms with Crippen molar-refractivity contribution in [1.82, 2.24) is 39.8 Å². The number of nitrogens with one attached hydrogen (secondary N) is 3. The number of hydrogen-bond donors (Lipinski definition) is 3. The number of nitrogens with zero attached hydrogens (tertiary/aromatic N) is 9. The first-order valence-electron chi connectivity index (χ1n) is 19.8. The Hall–Kier alpha value is -5.48. The Balaban J connectivity index is 0.00000455. The number of benzene rings is 1. The van der Waals surface area contributed by atoms with Crippen LogP contribution in [0.3, 0.4) is 0 Å². The number of piperidine rings is 2. The van der Waals surface area contributed by atoms with E-state index in [1.807, 2.05) is 46.5 Å². The van der Waals surface area contributed by atoms with Crippen molar-refractivity contribution in [3.8, 4) is 5.88 Å². The standard InChI is InChI=1S/C40H48N12O4.ClH/c1-26-34(22-42-39-37(26)41-11-19-56-39)51-12-8-28-20-43-40(46-33(28)24-51)45-29-21-44-52(23-29)31-9-13-50(14-10-31)36(54)25-48-15-17-49(18-16-48)30-4-2-27(3-5-30)32-6-7-35(53)47-38(32)55;/h2-5,20-23,31-32,41H,6-19,24-25H2,1H3,(H,43,45,46)(H,47,53,55);1H. The summed E-state index contributed by atoms with van der Waals surface area (Å²) < 4.78 is 7.73. The van der Waals surface area contributed by atoms with E-state index in [0.717, 1.165) is 104 Å². The number of carbonyl (C=O) groups excluding carboxylic acids is 3. The number of carbonyl (C=O) groups is 3. The summed E-state index contributed by atoms with van der Waals surface area (Å²) in [6.45, 7) is 10.2. The van der Waals surface area contributed by atoms with Crippen LogP contribution in [-0.2, 0) is 27.3 Å². The molecule has 57 heavy (non-hydrogen) atoms. The Labute approximate surface area is 337 Å². The highest BCUT2D eigenvalue weighted by atomic mass is 35.5. The van der Waals surface area contributed by atoms with E-state index in [0.29, 0.717) is 57.5 Å². The van der Waals surface area contributed by atoms with E-state index in [1.54, 1.807) is 0 Å². The van der Waals surface area contributed by atoms with E-state index in [-0.39, 0.29) is 42.1 Å². The molecule has 300 valence electrons. The average Bonchev–Trinajstić information content (AvgIpc) is 3.70. The van der Waals surface area contributed by atoms with E-state index < -0.39 is 0 Å². The molecule has 3 saturated heterocycles. The van der Waals surface area contributed by atoms with Gasteiger partial charge in [-0.05, 0) is 55.9 Å². The molecular formula is C40H49ClN12O4. The Morgan fingerprint density at radius 2 is 1.74 bits per heavy atom. The fourth-order valence-corrected chi connectivity index (χ4v) is 8.59. The number of aromatic nitrogens is 5. The lowest BCUT2D eigenvalue weighted by Gasteiger charge is -2.38. The third kappa shape index (κ3) is 8.19. The molecule has 3 aromatic heterocycles. The molecule has 3 amide bonds. The van der Waals surface area contributed by atoms with Crippen molar-refractivity contribution in [1.29, 1.82) is 0 Å². The third-order valence-electron chi connectivity index (χ3n) is 11.9. The van der Waals surface area contributed by atoms with Crippen molar-refractivity contribution in [2.45, 2.75) is 57.5 Å². The van der Waals surface area contributed by atoms with Gasteiger partial charge in [0.25, 0.3) is 0 Å². The Kier molecular flexibility index (Phi) is 11.1. The van der Waals surface area contributed by atoms with Crippen LogP contribution in [0.5, 0.6) is 5.88 Å². The minimum absolute atomic E-state index is 0. The lowest BCUT2D eigenvalue weighted by molar-refractivity contribution is -0.135. The lowest BCUT2D eigenvalue weighted by Crippen LogP contribution is -2.51. The van der Waals surface area contributed by atoms with Crippen LogP contribution in [0.15, 0.2) is 49.1 Å². The summed E-state index contributed by atoms with van der Waals surface area (Å²) in [7, 11) is 0. The normalized spacial score (nSPS) is 20.1. The molecule has 5 aliphatic rings. The summed E-state index contributed by atoms with van der Waals surface area (Å²) in [6, 6.07) is 8.32. The van der Waals surface area contributed by atoms with Gasteiger partial charge in [-0.3, -0.25) is 29.3 Å². The van der Waals surface area contributed by atoms with Crippen LogP contribution in [0.4, 0.5) is 28.7 Å². The largest absolute Gasteiger partial charge is 0.474 e. The summed E-state index contributed by atoms with van der Waals surface area (Å²) in [5.41, 5.74) is 8.23. The van der Waals surface area contributed by atoms with Crippen LogP contribution in [-0.4, -0.2) is 118 Å². The van der Waals surface area contributed by atoms with Crippen LogP contribution in [0.1, 0.15) is 60.0 Å². The molecule has 0 bridgehead atoms. The minimum Gasteiger partial charge on any atom is -0.474 e. The van der Waals surface area contributed by atoms with Crippen molar-refractivity contribution in [2.24, 2.45) is 0 Å². The van der Waals surface area contributed by atoms with Gasteiger partial charge >= 0.3 is 0 Å². The number of pyridine rings is 1. The molecule has 17 heteroatoms. The molecule has 5 aliphatic heterocycles. The van der Waals surface area contributed by atoms with Crippen LogP contribution in [0, 0.1) is 6.92 Å². The number of halogens is 1. The van der Waals surface area contributed by atoms with Gasteiger partial charge < -0.3 is 30.1 Å². The van der Waals surface area contributed by atoms with Crippen molar-refractivity contribution in [3.63, 3.8) is 0 Å². The molecule has 0 aliphatic carbocycles. The molecule has 16 nitrogen and oxygen atoms in total. The molecule has 0 spiro atoms. The molecule has 9 rings (SSSR count). The van der Waals surface area contributed by atoms with Gasteiger partial charge in [-0.25, -0.2) is 15.0 Å². The third-order valence-corrected chi connectivity index (χ3v) is 11.9. The summed E-state index contributed by atoms with van der Waals surface area (Å²) >= 11 is 0. The fraction of sp³-hybridized carbons (Fsp3) is 0.475. The highest BCUT2D eigenvalue weighted by Crippen LogP contribution is 2.36. The quantitative estimate of drug-likeness (QED) is 0.223. The zero-order valence-corrected chi connectivity index (χ0v) is 33.0. The van der Waals surface area contributed by atoms with Gasteiger partial charge in [0, 0.05) is 82.4 Å². The molecule has 1 aromatic carbocycles. The van der Waals surface area contributed by atoms with Crippen LogP contribution >= 0.6 is 12.4 Å². The fourth-order valence-electron chi connectivity index (χ4n) is 8.59. The first-order chi connectivity index (χ1) is 27.3. The van der Waals surface area contributed by atoms with Gasteiger partial charge in [0.2, 0.25) is 29.5 Å². The summed E-state index contributed by atoms with van der Waals surface area (Å²) in [4.78, 5) is 60.1. The van der Waals surface area contributed by atoms with E-state index >= 15 is 0 Å². The van der Waals surface area contributed by atoms with E-state index in [9.17, 15) is 14.4 Å². The maximum atomic E-state index is 13.3. The summed E-state index contributed by atoms with van der Waals surface area (Å²) in [6.07, 6.45) is 11.1. The zero-order valence-electron chi connectivity index (χ0n) is 32.2. The van der Waals surface area contributed by atoms with E-state index in [4.69, 9.17) is 9.72 Å². The summed E-state index contributed by atoms with van der Waals surface area (Å²) in [5.74, 6) is 0.706. The molecule has 1 atom stereocenters. The maximum absolute atomic E-state index is 13.3. The van der Waals surface area contributed by atoms with Crippen LogP contribution < -0.4 is 30.5 Å². The topological polar surface area (TPSA) is 166 Å². The highest BCUT2D eigenvalue weighted by Gasteiger charge is 2.30. The molecule has 3 N–H and O–H groups in total. The number of amides is 3. The van der Waals surface area contributed by atoms with Gasteiger partial charge in [0.15, 0.2) is 0 Å². The smallest absolute Gasteiger partial charge is 0.237 e. The molecule has 4 aromatic rings. The van der Waals surface area contributed by atoms with Crippen molar-refractivity contribution < 1.29 is 19.1 Å². The number of rotatable bonds is 8. The van der Waals surface area contributed by atoms with Gasteiger partial charge in [-0.15, -0.1) is 12.4 Å². The first kappa shape index (κ1) is 38.4. The number of ether oxygens (including phenoxy) is 1. The molecule has 3 fully saturated rings. The van der Waals surface area contributed by atoms with Crippen molar-refractivity contribution in [3.05, 3.63) is 71.4 Å². The second kappa shape index (κ2) is 16.5. The minimum atomic E-state index is -0.277. The number of hydrogen-bond acceptors (Lipinski definition) is 13. The monoisotopic (exact) mass is 796 g/mol. The Morgan fingerprint density at radius 1 is 0.930 bits per heavy atom. The van der Waals surface area contributed by atoms with Crippen LogP contribution in [0.25, 0.3) is 0 Å². The second-order valence-corrected chi connectivity index (χ2v) is 15.4. The van der Waals surface area contributed by atoms with Gasteiger partial charge in [0.1, 0.15) is 12.3 Å². The number of fused-ring (bicyclic) bond motifs is 2. The van der Waals surface area contributed by atoms with E-state index in [2.05, 4.69) is 64.8 Å².